The zero-order valence-electron chi connectivity index (χ0n) is 27.5. The van der Waals surface area contributed by atoms with Gasteiger partial charge in [0.05, 0.1) is 44.3 Å². The zero-order chi connectivity index (χ0) is 35.3. The van der Waals surface area contributed by atoms with Crippen LogP contribution in [0.4, 0.5) is 0 Å². The summed E-state index contributed by atoms with van der Waals surface area (Å²) in [6.45, 7) is 0. The molecule has 2 heterocycles. The van der Waals surface area contributed by atoms with Crippen LogP contribution in [-0.4, -0.2) is 9.13 Å². The van der Waals surface area contributed by atoms with E-state index < -0.39 is 0 Å². The Hall–Kier alpha value is -7.90. The second-order valence-corrected chi connectivity index (χ2v) is 12.5. The second-order valence-electron chi connectivity index (χ2n) is 12.5. The van der Waals surface area contributed by atoms with E-state index in [2.05, 4.69) is 81.9 Å². The smallest absolute Gasteiger partial charge is 0.101 e. The highest BCUT2D eigenvalue weighted by Crippen LogP contribution is 2.53. The molecule has 0 atom stereocenters. The molecule has 6 heteroatoms. The van der Waals surface area contributed by atoms with Crippen molar-refractivity contribution in [2.75, 3.05) is 0 Å². The van der Waals surface area contributed by atoms with Gasteiger partial charge in [0.25, 0.3) is 0 Å². The fraction of sp³-hybridized carbons (Fsp3) is 0. The number of hydrogen-bond donors (Lipinski definition) is 0. The van der Waals surface area contributed by atoms with Crippen molar-refractivity contribution in [3.05, 3.63) is 168 Å². The first kappa shape index (κ1) is 30.2. The van der Waals surface area contributed by atoms with Crippen molar-refractivity contribution in [2.24, 2.45) is 0 Å². The topological polar surface area (TPSA) is 105 Å². The van der Waals surface area contributed by atoms with Gasteiger partial charge >= 0.3 is 0 Å². The highest BCUT2D eigenvalue weighted by Gasteiger charge is 2.31. The molecule has 0 bridgehead atoms. The van der Waals surface area contributed by atoms with E-state index in [-0.39, 0.29) is 22.3 Å². The van der Waals surface area contributed by atoms with Gasteiger partial charge in [-0.3, -0.25) is 0 Å². The van der Waals surface area contributed by atoms with E-state index in [0.29, 0.717) is 11.1 Å². The SMILES string of the molecule is N#Cc1cccc(-c2c3c4ccccc4n(-c4ccccc4)c3c(-c3cccc(C#N)c3C#N)c3c4ccccc4n(-c4ccccc4)c23)c1C#N. The lowest BCUT2D eigenvalue weighted by molar-refractivity contribution is 1.17. The normalized spacial score (nSPS) is 11.0. The van der Waals surface area contributed by atoms with Gasteiger partial charge in [-0.15, -0.1) is 0 Å². The number of nitriles is 4. The van der Waals surface area contributed by atoms with E-state index in [1.54, 1.807) is 12.1 Å². The molecule has 9 rings (SSSR count). The average molecular weight is 661 g/mol. The molecule has 0 aliphatic rings. The molecule has 0 aliphatic heterocycles. The third-order valence-corrected chi connectivity index (χ3v) is 9.88. The lowest BCUT2D eigenvalue weighted by Crippen LogP contribution is -2.01. The molecule has 238 valence electrons. The first-order valence-electron chi connectivity index (χ1n) is 16.7. The number of aromatic nitrogens is 2. The van der Waals surface area contributed by atoms with E-state index in [0.717, 1.165) is 66.1 Å². The monoisotopic (exact) mass is 660 g/mol. The Kier molecular flexibility index (Phi) is 6.91. The number of benzene rings is 7. The van der Waals surface area contributed by atoms with Crippen molar-refractivity contribution in [3.8, 4) is 57.9 Å². The quantitative estimate of drug-likeness (QED) is 0.187. The molecule has 52 heavy (non-hydrogen) atoms. The van der Waals surface area contributed by atoms with Gasteiger partial charge in [-0.25, -0.2) is 0 Å². The van der Waals surface area contributed by atoms with Crippen LogP contribution in [0.3, 0.4) is 0 Å². The number of para-hydroxylation sites is 4. The molecule has 7 aromatic carbocycles. The summed E-state index contributed by atoms with van der Waals surface area (Å²) >= 11 is 0. The minimum atomic E-state index is 0.283. The van der Waals surface area contributed by atoms with Crippen LogP contribution in [0.25, 0.3) is 77.2 Å². The summed E-state index contributed by atoms with van der Waals surface area (Å²) in [7, 11) is 0. The summed E-state index contributed by atoms with van der Waals surface area (Å²) in [5.41, 5.74) is 9.31. The average Bonchev–Trinajstić information content (AvgIpc) is 3.73. The van der Waals surface area contributed by atoms with Crippen LogP contribution in [0.1, 0.15) is 22.3 Å². The Morgan fingerprint density at radius 2 is 0.750 bits per heavy atom. The summed E-state index contributed by atoms with van der Waals surface area (Å²) in [4.78, 5) is 0. The fourth-order valence-corrected chi connectivity index (χ4v) is 7.86. The molecule has 0 unspecified atom stereocenters. The van der Waals surface area contributed by atoms with Gasteiger partial charge in [-0.05, 0) is 48.5 Å². The van der Waals surface area contributed by atoms with Crippen LogP contribution in [0.15, 0.2) is 146 Å². The van der Waals surface area contributed by atoms with Crippen molar-refractivity contribution in [1.82, 2.24) is 9.13 Å². The van der Waals surface area contributed by atoms with Crippen LogP contribution in [-0.2, 0) is 0 Å². The highest BCUT2D eigenvalue weighted by atomic mass is 15.0. The number of rotatable bonds is 4. The number of nitrogens with zero attached hydrogens (tertiary/aromatic N) is 6. The predicted octanol–water partition coefficient (Wildman–Crippen LogP) is 10.7. The van der Waals surface area contributed by atoms with E-state index in [1.807, 2.05) is 84.9 Å². The summed E-state index contributed by atoms with van der Waals surface area (Å²) in [5.74, 6) is 0. The summed E-state index contributed by atoms with van der Waals surface area (Å²) < 4.78 is 4.44. The molecule has 0 aliphatic carbocycles. The Labute approximate surface area is 298 Å². The molecule has 0 N–H and O–H groups in total. The van der Waals surface area contributed by atoms with Gasteiger partial charge in [0.1, 0.15) is 24.3 Å². The van der Waals surface area contributed by atoms with Gasteiger partial charge in [-0.1, -0.05) is 97.1 Å². The van der Waals surface area contributed by atoms with Crippen LogP contribution in [0.2, 0.25) is 0 Å². The van der Waals surface area contributed by atoms with Gasteiger partial charge < -0.3 is 9.13 Å². The third-order valence-electron chi connectivity index (χ3n) is 9.88. The molecule has 0 saturated carbocycles. The van der Waals surface area contributed by atoms with Gasteiger partial charge in [-0.2, -0.15) is 21.0 Å². The van der Waals surface area contributed by atoms with E-state index in [9.17, 15) is 21.0 Å². The summed E-state index contributed by atoms with van der Waals surface area (Å²) in [5, 5.41) is 45.6. The Balaban J connectivity index is 1.72. The largest absolute Gasteiger partial charge is 0.309 e. The van der Waals surface area contributed by atoms with Gasteiger partial charge in [0, 0.05) is 55.2 Å². The Morgan fingerprint density at radius 1 is 0.365 bits per heavy atom. The fourth-order valence-electron chi connectivity index (χ4n) is 7.86. The van der Waals surface area contributed by atoms with Crippen LogP contribution in [0, 0.1) is 45.3 Å². The first-order valence-corrected chi connectivity index (χ1v) is 16.7. The van der Waals surface area contributed by atoms with Gasteiger partial charge in [0.15, 0.2) is 0 Å². The second kappa shape index (κ2) is 11.9. The molecule has 6 nitrogen and oxygen atoms in total. The Morgan fingerprint density at radius 3 is 1.13 bits per heavy atom. The molecule has 0 radical (unpaired) electrons. The first-order chi connectivity index (χ1) is 25.7. The molecule has 2 aromatic heterocycles. The van der Waals surface area contributed by atoms with Crippen molar-refractivity contribution in [3.63, 3.8) is 0 Å². The molecule has 0 spiro atoms. The summed E-state index contributed by atoms with van der Waals surface area (Å²) in [6.07, 6.45) is 0. The maximum atomic E-state index is 10.7. The van der Waals surface area contributed by atoms with Crippen molar-refractivity contribution >= 4 is 43.6 Å². The number of hydrogen-bond acceptors (Lipinski definition) is 4. The maximum Gasteiger partial charge on any atom is 0.101 e. The number of fused-ring (bicyclic) bond motifs is 6. The lowest BCUT2D eigenvalue weighted by atomic mass is 9.86. The molecular weight excluding hydrogens is 637 g/mol. The minimum absolute atomic E-state index is 0.283. The van der Waals surface area contributed by atoms with Crippen molar-refractivity contribution < 1.29 is 0 Å². The predicted molar refractivity (Wildman–Crippen MR) is 205 cm³/mol. The molecule has 0 fully saturated rings. The van der Waals surface area contributed by atoms with Crippen molar-refractivity contribution in [2.45, 2.75) is 0 Å². The molecule has 0 saturated heterocycles. The highest BCUT2D eigenvalue weighted by molar-refractivity contribution is 6.33. The molecule has 0 amide bonds. The maximum absolute atomic E-state index is 10.7. The molecule has 9 aromatic rings. The van der Waals surface area contributed by atoms with E-state index in [4.69, 9.17) is 0 Å². The summed E-state index contributed by atoms with van der Waals surface area (Å²) in [6, 6.07) is 56.7. The zero-order valence-corrected chi connectivity index (χ0v) is 27.5. The minimum Gasteiger partial charge on any atom is -0.309 e. The standard InChI is InChI=1S/C46H24N6/c47-25-29-13-11-21-33(37(29)27-49)41-44-36-20-8-10-24-40(36)52(32-17-5-2-6-18-32)46(44)42(34-22-12-14-30(26-48)38(34)28-50)43-35-19-7-9-23-39(35)51(45(41)43)31-15-3-1-4-16-31/h1-24H. The lowest BCUT2D eigenvalue weighted by Gasteiger charge is -2.19. The Bertz CT molecular complexity index is 2890. The van der Waals surface area contributed by atoms with Crippen molar-refractivity contribution in [1.29, 1.82) is 21.0 Å². The third kappa shape index (κ3) is 4.20. The van der Waals surface area contributed by atoms with E-state index in [1.165, 1.54) is 0 Å². The van der Waals surface area contributed by atoms with Gasteiger partial charge in [0.2, 0.25) is 0 Å². The molecular formula is C46H24N6. The van der Waals surface area contributed by atoms with Crippen LogP contribution in [0.5, 0.6) is 0 Å². The van der Waals surface area contributed by atoms with Crippen LogP contribution < -0.4 is 0 Å². The van der Waals surface area contributed by atoms with E-state index >= 15 is 0 Å². The van der Waals surface area contributed by atoms with Crippen LogP contribution >= 0.6 is 0 Å².